The van der Waals surface area contributed by atoms with Crippen molar-refractivity contribution in [1.29, 1.82) is 0 Å². The minimum absolute atomic E-state index is 0.0537. The summed E-state index contributed by atoms with van der Waals surface area (Å²) in [4.78, 5) is 18.3. The summed E-state index contributed by atoms with van der Waals surface area (Å²) >= 11 is 0. The van der Waals surface area contributed by atoms with Gasteiger partial charge in [-0.3, -0.25) is 0 Å². The normalized spacial score (nSPS) is 11.4. The molecule has 0 aromatic carbocycles. The quantitative estimate of drug-likeness (QED) is 0.904. The van der Waals surface area contributed by atoms with Crippen LogP contribution in [0.2, 0.25) is 0 Å². The molecule has 2 N–H and O–H groups in total. The lowest BCUT2D eigenvalue weighted by atomic mass is 10.2. The van der Waals surface area contributed by atoms with E-state index in [4.69, 9.17) is 5.11 Å². The van der Waals surface area contributed by atoms with Crippen LogP contribution in [-0.2, 0) is 19.8 Å². The van der Waals surface area contributed by atoms with Crippen molar-refractivity contribution >= 4 is 11.8 Å². The largest absolute Gasteiger partial charge is 0.478 e. The topological polar surface area (TPSA) is 80.0 Å². The van der Waals surface area contributed by atoms with E-state index in [2.05, 4.69) is 15.3 Å². The molecule has 0 aliphatic carbocycles. The zero-order valence-corrected chi connectivity index (χ0v) is 10.8. The van der Waals surface area contributed by atoms with E-state index in [1.54, 1.807) is 17.8 Å². The van der Waals surface area contributed by atoms with Gasteiger partial charge in [0.05, 0.1) is 6.54 Å². The average Bonchev–Trinajstić information content (AvgIpc) is 2.80. The number of aromatic carboxylic acids is 1. The van der Waals surface area contributed by atoms with Gasteiger partial charge in [-0.1, -0.05) is 0 Å². The van der Waals surface area contributed by atoms with Gasteiger partial charge in [0.25, 0.3) is 0 Å². The Labute approximate surface area is 117 Å². The first kappa shape index (κ1) is 14.8. The van der Waals surface area contributed by atoms with Crippen molar-refractivity contribution < 1.29 is 23.1 Å². The summed E-state index contributed by atoms with van der Waals surface area (Å²) in [6, 6.07) is 1.51. The van der Waals surface area contributed by atoms with Crippen molar-refractivity contribution in [3.8, 4) is 0 Å². The average molecular weight is 300 g/mol. The van der Waals surface area contributed by atoms with Gasteiger partial charge in [-0.05, 0) is 12.1 Å². The highest BCUT2D eigenvalue weighted by Crippen LogP contribution is 2.29. The van der Waals surface area contributed by atoms with Gasteiger partial charge in [-0.2, -0.15) is 13.2 Å². The molecule has 2 aromatic heterocycles. The summed E-state index contributed by atoms with van der Waals surface area (Å²) in [5.41, 5.74) is -1.49. The Morgan fingerprint density at radius 2 is 2.14 bits per heavy atom. The molecular formula is C12H11F3N4O2. The third-order valence-electron chi connectivity index (χ3n) is 2.75. The van der Waals surface area contributed by atoms with Gasteiger partial charge in [0.15, 0.2) is 0 Å². The first-order valence-corrected chi connectivity index (χ1v) is 5.80. The molecule has 0 radical (unpaired) electrons. The molecule has 9 heteroatoms. The van der Waals surface area contributed by atoms with Crippen LogP contribution in [0.1, 0.15) is 21.9 Å². The van der Waals surface area contributed by atoms with Crippen LogP contribution in [0.3, 0.4) is 0 Å². The summed E-state index contributed by atoms with van der Waals surface area (Å²) in [6.45, 7) is 0.0537. The maximum absolute atomic E-state index is 12.6. The minimum atomic E-state index is -4.64. The van der Waals surface area contributed by atoms with E-state index in [1.165, 1.54) is 6.20 Å². The third kappa shape index (κ3) is 3.30. The molecule has 0 aliphatic heterocycles. The number of aromatic nitrogens is 3. The van der Waals surface area contributed by atoms with Crippen LogP contribution in [0.15, 0.2) is 24.5 Å². The number of nitrogens with zero attached hydrogens (tertiary/aromatic N) is 3. The van der Waals surface area contributed by atoms with Crippen molar-refractivity contribution in [3.63, 3.8) is 0 Å². The number of nitrogens with one attached hydrogen (secondary N) is 1. The molecule has 0 saturated heterocycles. The molecule has 21 heavy (non-hydrogen) atoms. The number of pyridine rings is 1. The van der Waals surface area contributed by atoms with Gasteiger partial charge >= 0.3 is 12.1 Å². The lowest BCUT2D eigenvalue weighted by Crippen LogP contribution is -2.15. The molecule has 0 atom stereocenters. The first-order valence-electron chi connectivity index (χ1n) is 5.80. The predicted molar refractivity (Wildman–Crippen MR) is 66.7 cm³/mol. The highest BCUT2D eigenvalue weighted by atomic mass is 19.4. The van der Waals surface area contributed by atoms with E-state index in [0.717, 1.165) is 6.07 Å². The molecular weight excluding hydrogens is 289 g/mol. The molecule has 112 valence electrons. The molecule has 0 unspecified atom stereocenters. The standard InChI is InChI=1S/C12H11F3N4O2/c1-19-5-4-16-9(19)6-17-10-7(11(20)21)2-3-8(18-10)12(13,14)15/h2-5H,6H2,1H3,(H,17,18)(H,20,21). The minimum Gasteiger partial charge on any atom is -0.478 e. The number of carboxylic acids is 1. The molecule has 0 bridgehead atoms. The number of hydrogen-bond donors (Lipinski definition) is 2. The number of alkyl halides is 3. The Balaban J connectivity index is 2.31. The number of rotatable bonds is 4. The second-order valence-corrected chi connectivity index (χ2v) is 4.20. The third-order valence-corrected chi connectivity index (χ3v) is 2.75. The van der Waals surface area contributed by atoms with Crippen LogP contribution in [0.4, 0.5) is 19.0 Å². The van der Waals surface area contributed by atoms with E-state index in [9.17, 15) is 18.0 Å². The summed E-state index contributed by atoms with van der Waals surface area (Å²) in [6.07, 6.45) is -1.46. The number of carboxylic acid groups (broad SMARTS) is 1. The second kappa shape index (κ2) is 5.43. The highest BCUT2D eigenvalue weighted by Gasteiger charge is 2.33. The zero-order chi connectivity index (χ0) is 15.6. The number of anilines is 1. The van der Waals surface area contributed by atoms with Crippen molar-refractivity contribution in [2.24, 2.45) is 7.05 Å². The maximum Gasteiger partial charge on any atom is 0.433 e. The van der Waals surface area contributed by atoms with Gasteiger partial charge in [0.1, 0.15) is 22.9 Å². The summed E-state index contributed by atoms with van der Waals surface area (Å²) in [7, 11) is 1.71. The fourth-order valence-corrected chi connectivity index (χ4v) is 1.65. The van der Waals surface area contributed by atoms with Crippen molar-refractivity contribution in [2.75, 3.05) is 5.32 Å². The Morgan fingerprint density at radius 1 is 1.43 bits per heavy atom. The smallest absolute Gasteiger partial charge is 0.433 e. The Kier molecular flexibility index (Phi) is 3.83. The fourth-order valence-electron chi connectivity index (χ4n) is 1.65. The Hall–Kier alpha value is -2.58. The van der Waals surface area contributed by atoms with E-state index in [0.29, 0.717) is 11.9 Å². The number of imidazole rings is 1. The van der Waals surface area contributed by atoms with Crippen LogP contribution in [0.5, 0.6) is 0 Å². The Morgan fingerprint density at radius 3 is 2.67 bits per heavy atom. The van der Waals surface area contributed by atoms with E-state index >= 15 is 0 Å². The molecule has 0 aliphatic rings. The lowest BCUT2D eigenvalue weighted by Gasteiger charge is -2.12. The number of carbonyl (C=O) groups is 1. The van der Waals surface area contributed by atoms with Crippen LogP contribution >= 0.6 is 0 Å². The fraction of sp³-hybridized carbons (Fsp3) is 0.250. The van der Waals surface area contributed by atoms with Crippen molar-refractivity contribution in [1.82, 2.24) is 14.5 Å². The van der Waals surface area contributed by atoms with Crippen LogP contribution < -0.4 is 5.32 Å². The van der Waals surface area contributed by atoms with Crippen LogP contribution in [0.25, 0.3) is 0 Å². The van der Waals surface area contributed by atoms with Gasteiger partial charge in [0.2, 0.25) is 0 Å². The van der Waals surface area contributed by atoms with Crippen molar-refractivity contribution in [3.05, 3.63) is 41.6 Å². The maximum atomic E-state index is 12.6. The van der Waals surface area contributed by atoms with Gasteiger partial charge < -0.3 is 15.0 Å². The SMILES string of the molecule is Cn1ccnc1CNc1nc(C(F)(F)F)ccc1C(=O)O. The van der Waals surface area contributed by atoms with Crippen molar-refractivity contribution in [2.45, 2.75) is 12.7 Å². The molecule has 2 aromatic rings. The predicted octanol–water partition coefficient (Wildman–Crippen LogP) is 2.14. The first-order chi connectivity index (χ1) is 9.79. The number of halogens is 3. The number of aryl methyl sites for hydroxylation is 1. The Bertz CT molecular complexity index is 667. The van der Waals surface area contributed by atoms with E-state index in [-0.39, 0.29) is 17.9 Å². The molecule has 0 saturated carbocycles. The van der Waals surface area contributed by atoms with Crippen LogP contribution in [0, 0.1) is 0 Å². The summed E-state index contributed by atoms with van der Waals surface area (Å²) in [5.74, 6) is -1.18. The molecule has 6 nitrogen and oxygen atoms in total. The molecule has 2 rings (SSSR count). The van der Waals surface area contributed by atoms with E-state index in [1.807, 2.05) is 0 Å². The zero-order valence-electron chi connectivity index (χ0n) is 10.8. The molecule has 2 heterocycles. The van der Waals surface area contributed by atoms with Gasteiger partial charge in [0, 0.05) is 19.4 Å². The molecule has 0 fully saturated rings. The number of hydrogen-bond acceptors (Lipinski definition) is 4. The molecule has 0 amide bonds. The summed E-state index contributed by atoms with van der Waals surface area (Å²) < 4.78 is 39.5. The van der Waals surface area contributed by atoms with E-state index < -0.39 is 17.8 Å². The van der Waals surface area contributed by atoms with Crippen LogP contribution in [-0.4, -0.2) is 25.6 Å². The highest BCUT2D eigenvalue weighted by molar-refractivity contribution is 5.93. The molecule has 0 spiro atoms. The monoisotopic (exact) mass is 300 g/mol. The van der Waals surface area contributed by atoms with Gasteiger partial charge in [-0.15, -0.1) is 0 Å². The lowest BCUT2D eigenvalue weighted by molar-refractivity contribution is -0.141. The summed E-state index contributed by atoms with van der Waals surface area (Å²) in [5, 5.41) is 11.6. The van der Waals surface area contributed by atoms with Gasteiger partial charge in [-0.25, -0.2) is 14.8 Å². The second-order valence-electron chi connectivity index (χ2n) is 4.20.